The Balaban J connectivity index is 2.71. The van der Waals surface area contributed by atoms with E-state index in [4.69, 9.17) is 10.5 Å². The molecule has 1 aromatic rings. The van der Waals surface area contributed by atoms with Crippen LogP contribution >= 0.6 is 0 Å². The molecule has 5 nitrogen and oxygen atoms in total. The number of hydrogen-bond acceptors (Lipinski definition) is 4. The number of anilines is 1. The molecule has 0 aliphatic carbocycles. The van der Waals surface area contributed by atoms with Crippen LogP contribution in [0, 0.1) is 0 Å². The van der Waals surface area contributed by atoms with Crippen molar-refractivity contribution in [2.24, 2.45) is 0 Å². The van der Waals surface area contributed by atoms with E-state index in [1.165, 1.54) is 0 Å². The van der Waals surface area contributed by atoms with Gasteiger partial charge in [-0.2, -0.15) is 0 Å². The number of nitrogen functional groups attached to an aromatic ring is 1. The van der Waals surface area contributed by atoms with Gasteiger partial charge in [-0.3, -0.25) is 4.79 Å². The van der Waals surface area contributed by atoms with Crippen molar-refractivity contribution in [1.29, 1.82) is 0 Å². The second-order valence-electron chi connectivity index (χ2n) is 6.09. The van der Waals surface area contributed by atoms with Crippen LogP contribution in [-0.4, -0.2) is 30.1 Å². The van der Waals surface area contributed by atoms with Crippen LogP contribution in [0.1, 0.15) is 50.7 Å². The van der Waals surface area contributed by atoms with Crippen LogP contribution in [0.4, 0.5) is 5.82 Å². The van der Waals surface area contributed by atoms with Gasteiger partial charge >= 0.3 is 0 Å². The summed E-state index contributed by atoms with van der Waals surface area (Å²) in [5.74, 6) is 0.206. The van der Waals surface area contributed by atoms with Gasteiger partial charge in [-0.05, 0) is 26.0 Å². The molecule has 1 aromatic heterocycles. The minimum atomic E-state index is -0.156. The van der Waals surface area contributed by atoms with Crippen LogP contribution in [0.3, 0.4) is 0 Å². The van der Waals surface area contributed by atoms with Crippen molar-refractivity contribution in [2.45, 2.75) is 46.1 Å². The average molecular weight is 279 g/mol. The second kappa shape index (κ2) is 6.70. The van der Waals surface area contributed by atoms with Gasteiger partial charge in [0.2, 0.25) is 0 Å². The van der Waals surface area contributed by atoms with E-state index < -0.39 is 0 Å². The third-order valence-electron chi connectivity index (χ3n) is 2.71. The lowest BCUT2D eigenvalue weighted by atomic mass is 9.90. The number of aromatic nitrogens is 1. The smallest absolute Gasteiger partial charge is 0.251 e. The van der Waals surface area contributed by atoms with Gasteiger partial charge in [0.25, 0.3) is 5.91 Å². The van der Waals surface area contributed by atoms with Crippen molar-refractivity contribution >= 4 is 11.7 Å². The molecule has 1 amide bonds. The zero-order valence-electron chi connectivity index (χ0n) is 13.0. The Morgan fingerprint density at radius 3 is 2.60 bits per heavy atom. The Morgan fingerprint density at radius 2 is 2.05 bits per heavy atom. The van der Waals surface area contributed by atoms with Crippen LogP contribution in [0.5, 0.6) is 0 Å². The molecule has 0 aromatic carbocycles. The summed E-state index contributed by atoms with van der Waals surface area (Å²) in [5, 5.41) is 2.81. The first-order valence-corrected chi connectivity index (χ1v) is 6.88. The van der Waals surface area contributed by atoms with E-state index in [0.29, 0.717) is 24.5 Å². The maximum atomic E-state index is 12.1. The summed E-state index contributed by atoms with van der Waals surface area (Å²) >= 11 is 0. The fraction of sp³-hybridized carbons (Fsp3) is 0.600. The summed E-state index contributed by atoms with van der Waals surface area (Å²) in [6.07, 6.45) is 0.163. The molecular weight excluding hydrogens is 254 g/mol. The summed E-state index contributed by atoms with van der Waals surface area (Å²) in [7, 11) is 0. The van der Waals surface area contributed by atoms with E-state index in [-0.39, 0.29) is 17.4 Å². The van der Waals surface area contributed by atoms with Gasteiger partial charge < -0.3 is 15.8 Å². The molecule has 0 aliphatic heterocycles. The van der Waals surface area contributed by atoms with Crippen LogP contribution in [0.2, 0.25) is 0 Å². The van der Waals surface area contributed by atoms with Gasteiger partial charge in [-0.15, -0.1) is 0 Å². The Labute approximate surface area is 120 Å². The van der Waals surface area contributed by atoms with Gasteiger partial charge in [0.1, 0.15) is 5.82 Å². The number of carbonyl (C=O) groups is 1. The van der Waals surface area contributed by atoms with Gasteiger partial charge in [0.15, 0.2) is 0 Å². The SMILES string of the molecule is CC(C)OCCNC(=O)c1cc(N)nc(C(C)(C)C)c1. The standard InChI is InChI=1S/C15H25N3O2/c1-10(2)20-7-6-17-14(19)11-8-12(15(3,4)5)18-13(16)9-11/h8-10H,6-7H2,1-5H3,(H2,16,18)(H,17,19). The lowest BCUT2D eigenvalue weighted by Gasteiger charge is -2.19. The maximum absolute atomic E-state index is 12.1. The first kappa shape index (κ1) is 16.4. The molecule has 0 atom stereocenters. The Bertz CT molecular complexity index is 465. The molecule has 0 spiro atoms. The van der Waals surface area contributed by atoms with E-state index in [1.807, 2.05) is 34.6 Å². The van der Waals surface area contributed by atoms with Crippen LogP contribution in [0.25, 0.3) is 0 Å². The molecule has 0 bridgehead atoms. The number of amides is 1. The van der Waals surface area contributed by atoms with Crippen molar-refractivity contribution in [2.75, 3.05) is 18.9 Å². The third-order valence-corrected chi connectivity index (χ3v) is 2.71. The molecule has 20 heavy (non-hydrogen) atoms. The van der Waals surface area contributed by atoms with Gasteiger partial charge in [0.05, 0.1) is 12.7 Å². The Hall–Kier alpha value is -1.62. The predicted molar refractivity (Wildman–Crippen MR) is 80.8 cm³/mol. The minimum absolute atomic E-state index is 0.148. The highest BCUT2D eigenvalue weighted by Crippen LogP contribution is 2.22. The van der Waals surface area contributed by atoms with E-state index in [1.54, 1.807) is 12.1 Å². The normalized spacial score (nSPS) is 11.7. The Morgan fingerprint density at radius 1 is 1.40 bits per heavy atom. The molecular formula is C15H25N3O2. The molecule has 112 valence electrons. The molecule has 0 radical (unpaired) electrons. The van der Waals surface area contributed by atoms with Crippen LogP contribution in [0.15, 0.2) is 12.1 Å². The lowest BCUT2D eigenvalue weighted by Crippen LogP contribution is -2.28. The van der Waals surface area contributed by atoms with Crippen molar-refractivity contribution in [3.63, 3.8) is 0 Å². The molecule has 0 saturated heterocycles. The fourth-order valence-corrected chi connectivity index (χ4v) is 1.63. The summed E-state index contributed by atoms with van der Waals surface area (Å²) in [5.41, 5.74) is 6.97. The van der Waals surface area contributed by atoms with Crippen molar-refractivity contribution in [3.05, 3.63) is 23.4 Å². The molecule has 0 saturated carbocycles. The lowest BCUT2D eigenvalue weighted by molar-refractivity contribution is 0.0746. The number of nitrogens with two attached hydrogens (primary N) is 1. The highest BCUT2D eigenvalue weighted by Gasteiger charge is 2.18. The quantitative estimate of drug-likeness (QED) is 0.809. The average Bonchev–Trinajstić information content (AvgIpc) is 2.32. The second-order valence-corrected chi connectivity index (χ2v) is 6.09. The first-order valence-electron chi connectivity index (χ1n) is 6.88. The van der Waals surface area contributed by atoms with Gasteiger partial charge in [0, 0.05) is 23.2 Å². The van der Waals surface area contributed by atoms with Crippen LogP contribution < -0.4 is 11.1 Å². The minimum Gasteiger partial charge on any atom is -0.384 e. The maximum Gasteiger partial charge on any atom is 0.251 e. The number of carbonyl (C=O) groups excluding carboxylic acids is 1. The fourth-order valence-electron chi connectivity index (χ4n) is 1.63. The molecule has 0 fully saturated rings. The number of ether oxygens (including phenoxy) is 1. The number of nitrogens with one attached hydrogen (secondary N) is 1. The highest BCUT2D eigenvalue weighted by molar-refractivity contribution is 5.94. The topological polar surface area (TPSA) is 77.2 Å². The molecule has 0 unspecified atom stereocenters. The van der Waals surface area contributed by atoms with Gasteiger partial charge in [-0.25, -0.2) is 4.98 Å². The molecule has 1 rings (SSSR count). The number of hydrogen-bond donors (Lipinski definition) is 2. The third kappa shape index (κ3) is 5.17. The van der Waals surface area contributed by atoms with E-state index >= 15 is 0 Å². The monoisotopic (exact) mass is 279 g/mol. The van der Waals surface area contributed by atoms with E-state index in [0.717, 1.165) is 5.69 Å². The molecule has 0 aliphatic rings. The van der Waals surface area contributed by atoms with E-state index in [9.17, 15) is 4.79 Å². The van der Waals surface area contributed by atoms with Crippen molar-refractivity contribution in [3.8, 4) is 0 Å². The molecule has 3 N–H and O–H groups in total. The number of rotatable bonds is 5. The van der Waals surface area contributed by atoms with Crippen LogP contribution in [-0.2, 0) is 10.2 Å². The summed E-state index contributed by atoms with van der Waals surface area (Å²) < 4.78 is 5.38. The first-order chi connectivity index (χ1) is 9.20. The zero-order valence-corrected chi connectivity index (χ0v) is 13.0. The number of nitrogens with zero attached hydrogens (tertiary/aromatic N) is 1. The summed E-state index contributed by atoms with van der Waals surface area (Å²) in [6, 6.07) is 3.38. The van der Waals surface area contributed by atoms with Crippen molar-refractivity contribution in [1.82, 2.24) is 10.3 Å². The number of pyridine rings is 1. The molecule has 5 heteroatoms. The van der Waals surface area contributed by atoms with E-state index in [2.05, 4.69) is 10.3 Å². The zero-order chi connectivity index (χ0) is 15.3. The summed E-state index contributed by atoms with van der Waals surface area (Å²) in [6.45, 7) is 11.0. The summed E-state index contributed by atoms with van der Waals surface area (Å²) in [4.78, 5) is 16.4. The predicted octanol–water partition coefficient (Wildman–Crippen LogP) is 2.12. The largest absolute Gasteiger partial charge is 0.384 e. The van der Waals surface area contributed by atoms with Gasteiger partial charge in [-0.1, -0.05) is 20.8 Å². The highest BCUT2D eigenvalue weighted by atomic mass is 16.5. The molecule has 1 heterocycles. The van der Waals surface area contributed by atoms with Crippen molar-refractivity contribution < 1.29 is 9.53 Å². The Kier molecular flexibility index (Phi) is 5.51.